The van der Waals surface area contributed by atoms with E-state index in [1.807, 2.05) is 63.7 Å². The lowest BCUT2D eigenvalue weighted by molar-refractivity contribution is -0.642. The van der Waals surface area contributed by atoms with Gasteiger partial charge in [0.2, 0.25) is 0 Å². The van der Waals surface area contributed by atoms with Gasteiger partial charge in [0.15, 0.2) is 17.3 Å². The maximum atomic E-state index is 13.2. The van der Waals surface area contributed by atoms with E-state index in [-0.39, 0.29) is 12.3 Å². The number of carbonyl (C=O) groups is 1. The number of benzene rings is 4. The summed E-state index contributed by atoms with van der Waals surface area (Å²) in [6.07, 6.45) is 0. The number of rotatable bonds is 7. The number of hydrogen-bond donors (Lipinski definition) is 1. The third-order valence-corrected chi connectivity index (χ3v) is 6.16. The number of carbonyl (C=O) groups excluding carboxylic acids is 1. The van der Waals surface area contributed by atoms with E-state index in [9.17, 15) is 4.79 Å². The molecule has 0 aliphatic rings. The number of Topliss-reactive ketones (excluding diaryl/α,β-unsaturated/α-hetero) is 1. The van der Waals surface area contributed by atoms with Crippen LogP contribution < -0.4 is 19.8 Å². The lowest BCUT2D eigenvalue weighted by atomic mass is 10.1. The van der Waals surface area contributed by atoms with Gasteiger partial charge in [0.05, 0.1) is 14.2 Å². The van der Waals surface area contributed by atoms with Crippen molar-refractivity contribution in [1.29, 1.82) is 0 Å². The van der Waals surface area contributed by atoms with E-state index in [4.69, 9.17) is 15.2 Å². The predicted molar refractivity (Wildman–Crippen MR) is 137 cm³/mol. The minimum absolute atomic E-state index is 0.0787. The molecule has 0 saturated heterocycles. The van der Waals surface area contributed by atoms with Gasteiger partial charge in [0.25, 0.3) is 0 Å². The molecule has 2 N–H and O–H groups in total. The summed E-state index contributed by atoms with van der Waals surface area (Å²) >= 11 is 0. The summed E-state index contributed by atoms with van der Waals surface area (Å²) in [5.41, 5.74) is 12.2. The van der Waals surface area contributed by atoms with Crippen LogP contribution in [0.5, 0.6) is 11.5 Å². The average molecular weight is 465 g/mol. The van der Waals surface area contributed by atoms with Crippen molar-refractivity contribution in [2.45, 2.75) is 6.54 Å². The largest absolute Gasteiger partial charge is 0.493 e. The van der Waals surface area contributed by atoms with Gasteiger partial charge in [-0.15, -0.1) is 0 Å². The molecule has 0 unspecified atom stereocenters. The van der Waals surface area contributed by atoms with Gasteiger partial charge in [-0.2, -0.15) is 4.57 Å². The van der Waals surface area contributed by atoms with Gasteiger partial charge in [-0.05, 0) is 53.6 Å². The number of ketones is 1. The lowest BCUT2D eigenvalue weighted by Crippen LogP contribution is -2.40. The minimum Gasteiger partial charge on any atom is -0.493 e. The number of nitrogen functional groups attached to an aromatic ring is 1. The summed E-state index contributed by atoms with van der Waals surface area (Å²) in [5.74, 6) is 1.49. The van der Waals surface area contributed by atoms with Gasteiger partial charge in [-0.1, -0.05) is 54.6 Å². The zero-order valence-corrected chi connectivity index (χ0v) is 19.6. The van der Waals surface area contributed by atoms with E-state index in [0.717, 1.165) is 27.8 Å². The number of ether oxygens (including phenoxy) is 2. The highest BCUT2D eigenvalue weighted by Gasteiger charge is 2.24. The lowest BCUT2D eigenvalue weighted by Gasteiger charge is -2.09. The van der Waals surface area contributed by atoms with Crippen LogP contribution >= 0.6 is 0 Å². The molecule has 4 aromatic carbocycles. The van der Waals surface area contributed by atoms with Crippen molar-refractivity contribution in [3.8, 4) is 28.3 Å². The van der Waals surface area contributed by atoms with Gasteiger partial charge in [0, 0.05) is 5.56 Å². The summed E-state index contributed by atoms with van der Waals surface area (Å²) in [6, 6.07) is 31.6. The molecule has 0 spiro atoms. The normalized spacial score (nSPS) is 10.9. The molecule has 35 heavy (non-hydrogen) atoms. The monoisotopic (exact) mass is 464 g/mol. The van der Waals surface area contributed by atoms with Crippen LogP contribution in [0, 0.1) is 0 Å². The maximum absolute atomic E-state index is 13.2. The summed E-state index contributed by atoms with van der Waals surface area (Å²) in [4.78, 5) is 13.2. The predicted octanol–water partition coefficient (Wildman–Crippen LogP) is 5.07. The summed E-state index contributed by atoms with van der Waals surface area (Å²) in [5, 5.41) is 0. The second-order valence-electron chi connectivity index (χ2n) is 8.17. The zero-order chi connectivity index (χ0) is 24.4. The first kappa shape index (κ1) is 22.2. The highest BCUT2D eigenvalue weighted by Crippen LogP contribution is 2.28. The molecule has 0 aliphatic carbocycles. The van der Waals surface area contributed by atoms with Crippen LogP contribution in [-0.4, -0.2) is 24.6 Å². The SMILES string of the molecule is COc1ccc(C(=O)C[n+]2c(N)n(-c3ccc(-c4ccccc4)cc3)c3ccccc32)cc1OC. The molecule has 0 aliphatic heterocycles. The van der Waals surface area contributed by atoms with Crippen LogP contribution in [0.1, 0.15) is 10.4 Å². The number of nitrogens with zero attached hydrogens (tertiary/aromatic N) is 2. The number of aromatic nitrogens is 2. The number of anilines is 1. The van der Waals surface area contributed by atoms with Gasteiger partial charge < -0.3 is 9.47 Å². The Bertz CT molecular complexity index is 1510. The molecule has 0 saturated carbocycles. The molecule has 6 heteroatoms. The molecular formula is C29H26N3O3+. The smallest absolute Gasteiger partial charge is 0.361 e. The van der Waals surface area contributed by atoms with Gasteiger partial charge in [-0.3, -0.25) is 10.5 Å². The number of methoxy groups -OCH3 is 2. The third kappa shape index (κ3) is 4.10. The topological polar surface area (TPSA) is 70.4 Å². The van der Waals surface area contributed by atoms with Crippen LogP contribution in [0.3, 0.4) is 0 Å². The van der Waals surface area contributed by atoms with Crippen molar-refractivity contribution < 1.29 is 18.8 Å². The maximum Gasteiger partial charge on any atom is 0.361 e. The molecule has 0 fully saturated rings. The molecule has 0 radical (unpaired) electrons. The Morgan fingerprint density at radius 1 is 0.800 bits per heavy atom. The Morgan fingerprint density at radius 2 is 1.46 bits per heavy atom. The molecule has 0 atom stereocenters. The summed E-state index contributed by atoms with van der Waals surface area (Å²) in [7, 11) is 3.12. The number of imidazole rings is 1. The highest BCUT2D eigenvalue weighted by atomic mass is 16.5. The van der Waals surface area contributed by atoms with Gasteiger partial charge >= 0.3 is 5.95 Å². The van der Waals surface area contributed by atoms with E-state index in [1.54, 1.807) is 32.4 Å². The van der Waals surface area contributed by atoms with Crippen LogP contribution in [0.25, 0.3) is 27.8 Å². The minimum atomic E-state index is -0.0787. The molecule has 1 aromatic heterocycles. The molecular weight excluding hydrogens is 438 g/mol. The van der Waals surface area contributed by atoms with Crippen molar-refractivity contribution in [3.63, 3.8) is 0 Å². The molecule has 174 valence electrons. The standard InChI is InChI=1S/C29H25N3O3/c1-34-27-17-14-22(18-28(27)35-2)26(33)19-31-24-10-6-7-11-25(24)32(29(31)30)23-15-12-21(13-16-23)20-8-4-3-5-9-20/h3-18,30H,19H2,1-2H3/p+1. The van der Waals surface area contributed by atoms with Gasteiger partial charge in [0.1, 0.15) is 23.3 Å². The fourth-order valence-electron chi connectivity index (χ4n) is 4.36. The highest BCUT2D eigenvalue weighted by molar-refractivity contribution is 5.96. The van der Waals surface area contributed by atoms with E-state index >= 15 is 0 Å². The molecule has 1 heterocycles. The number of nitrogens with two attached hydrogens (primary N) is 1. The summed E-state index contributed by atoms with van der Waals surface area (Å²) < 4.78 is 14.5. The van der Waals surface area contributed by atoms with Crippen molar-refractivity contribution in [1.82, 2.24) is 4.57 Å². The van der Waals surface area contributed by atoms with Crippen LogP contribution in [0.2, 0.25) is 0 Å². The Morgan fingerprint density at radius 3 is 2.17 bits per heavy atom. The fraction of sp³-hybridized carbons (Fsp3) is 0.103. The average Bonchev–Trinajstić information content (AvgIpc) is 3.19. The molecule has 0 amide bonds. The van der Waals surface area contributed by atoms with Crippen molar-refractivity contribution >= 4 is 22.8 Å². The van der Waals surface area contributed by atoms with E-state index in [0.29, 0.717) is 23.0 Å². The van der Waals surface area contributed by atoms with Crippen LogP contribution in [0.15, 0.2) is 97.1 Å². The molecule has 0 bridgehead atoms. The number of hydrogen-bond acceptors (Lipinski definition) is 4. The second-order valence-corrected chi connectivity index (χ2v) is 8.17. The first-order valence-electron chi connectivity index (χ1n) is 11.3. The van der Waals surface area contributed by atoms with E-state index in [1.165, 1.54) is 0 Å². The molecule has 6 nitrogen and oxygen atoms in total. The Hall–Kier alpha value is -4.58. The molecule has 5 aromatic rings. The van der Waals surface area contributed by atoms with Gasteiger partial charge in [-0.25, -0.2) is 4.57 Å². The summed E-state index contributed by atoms with van der Waals surface area (Å²) in [6.45, 7) is 0.0942. The van der Waals surface area contributed by atoms with Crippen LogP contribution in [-0.2, 0) is 6.54 Å². The van der Waals surface area contributed by atoms with Crippen molar-refractivity contribution in [3.05, 3.63) is 103 Å². The fourth-order valence-corrected chi connectivity index (χ4v) is 4.36. The third-order valence-electron chi connectivity index (χ3n) is 6.16. The first-order valence-corrected chi connectivity index (χ1v) is 11.3. The van der Waals surface area contributed by atoms with E-state index in [2.05, 4.69) is 24.3 Å². The van der Waals surface area contributed by atoms with E-state index < -0.39 is 0 Å². The molecule has 5 rings (SSSR count). The Labute approximate surface area is 203 Å². The number of fused-ring (bicyclic) bond motifs is 1. The van der Waals surface area contributed by atoms with Crippen molar-refractivity contribution in [2.75, 3.05) is 20.0 Å². The quantitative estimate of drug-likeness (QED) is 0.270. The first-order chi connectivity index (χ1) is 17.1. The Balaban J connectivity index is 1.53. The number of para-hydroxylation sites is 2. The second kappa shape index (κ2) is 9.35. The van der Waals surface area contributed by atoms with Crippen molar-refractivity contribution in [2.24, 2.45) is 0 Å². The Kier molecular flexibility index (Phi) is 5.94. The zero-order valence-electron chi connectivity index (χ0n) is 19.6. The van der Waals surface area contributed by atoms with Crippen LogP contribution in [0.4, 0.5) is 5.95 Å².